The van der Waals surface area contributed by atoms with E-state index in [1.54, 1.807) is 24.3 Å². The maximum atomic E-state index is 12.3. The summed E-state index contributed by atoms with van der Waals surface area (Å²) in [5.74, 6) is 1.04. The van der Waals surface area contributed by atoms with E-state index in [0.717, 1.165) is 12.0 Å². The van der Waals surface area contributed by atoms with Gasteiger partial charge in [-0.2, -0.15) is 0 Å². The number of allylic oxidation sites excluding steroid dienone is 1. The second-order valence-corrected chi connectivity index (χ2v) is 6.80. The Balaban J connectivity index is 1.91. The molecule has 0 radical (unpaired) electrons. The Morgan fingerprint density at radius 3 is 2.30 bits per heavy atom. The molecular formula is C23H27NO3. The van der Waals surface area contributed by atoms with Gasteiger partial charge in [-0.3, -0.25) is 9.59 Å². The Hall–Kier alpha value is -2.88. The van der Waals surface area contributed by atoms with Crippen LogP contribution in [0, 0.1) is 5.92 Å². The second kappa shape index (κ2) is 10.3. The Morgan fingerprint density at radius 1 is 1.04 bits per heavy atom. The highest BCUT2D eigenvalue weighted by Gasteiger charge is 2.04. The smallest absolute Gasteiger partial charge is 0.257 e. The van der Waals surface area contributed by atoms with E-state index in [2.05, 4.69) is 19.2 Å². The Bertz CT molecular complexity index is 774. The summed E-state index contributed by atoms with van der Waals surface area (Å²) in [6.07, 6.45) is 4.36. The number of carbonyl (C=O) groups is 2. The van der Waals surface area contributed by atoms with Crippen LogP contribution in [-0.2, 0) is 11.2 Å². The van der Waals surface area contributed by atoms with Crippen LogP contribution in [-0.4, -0.2) is 24.8 Å². The van der Waals surface area contributed by atoms with Gasteiger partial charge >= 0.3 is 0 Å². The largest absolute Gasteiger partial charge is 0.484 e. The number of amides is 1. The molecule has 2 aromatic rings. The highest BCUT2D eigenvalue weighted by molar-refractivity contribution is 6.06. The molecule has 2 aromatic carbocycles. The number of benzene rings is 2. The molecule has 1 amide bonds. The maximum absolute atomic E-state index is 12.3. The summed E-state index contributed by atoms with van der Waals surface area (Å²) in [5, 5.41) is 2.68. The number of ether oxygens (including phenoxy) is 1. The molecule has 0 aliphatic carbocycles. The first-order valence-corrected chi connectivity index (χ1v) is 9.29. The van der Waals surface area contributed by atoms with Gasteiger partial charge in [-0.05, 0) is 48.6 Å². The van der Waals surface area contributed by atoms with Crippen molar-refractivity contribution in [3.05, 3.63) is 71.3 Å². The Kier molecular flexibility index (Phi) is 7.80. The van der Waals surface area contributed by atoms with E-state index in [1.165, 1.54) is 5.56 Å². The van der Waals surface area contributed by atoms with Crippen LogP contribution in [0.3, 0.4) is 0 Å². The molecule has 0 aliphatic rings. The van der Waals surface area contributed by atoms with Gasteiger partial charge in [0.1, 0.15) is 5.75 Å². The molecule has 142 valence electrons. The fourth-order valence-corrected chi connectivity index (χ4v) is 2.62. The van der Waals surface area contributed by atoms with Crippen LogP contribution in [0.25, 0.3) is 6.08 Å². The molecule has 0 heterocycles. The van der Waals surface area contributed by atoms with E-state index in [1.807, 2.05) is 43.3 Å². The number of hydrogen-bond donors (Lipinski definition) is 1. The van der Waals surface area contributed by atoms with Gasteiger partial charge in [0, 0.05) is 12.1 Å². The second-order valence-electron chi connectivity index (χ2n) is 6.80. The molecule has 27 heavy (non-hydrogen) atoms. The molecule has 0 saturated carbocycles. The summed E-state index contributed by atoms with van der Waals surface area (Å²) < 4.78 is 5.41. The summed E-state index contributed by atoms with van der Waals surface area (Å²) >= 11 is 0. The summed E-state index contributed by atoms with van der Waals surface area (Å²) in [6.45, 7) is 6.80. The van der Waals surface area contributed by atoms with Crippen LogP contribution < -0.4 is 10.1 Å². The molecule has 4 heteroatoms. The summed E-state index contributed by atoms with van der Waals surface area (Å²) in [6, 6.07) is 15.1. The molecular weight excluding hydrogens is 338 g/mol. The lowest BCUT2D eigenvalue weighted by atomic mass is 10.0. The van der Waals surface area contributed by atoms with E-state index in [4.69, 9.17) is 4.74 Å². The zero-order valence-electron chi connectivity index (χ0n) is 16.2. The first-order valence-electron chi connectivity index (χ1n) is 9.29. The van der Waals surface area contributed by atoms with Crippen LogP contribution in [0.15, 0.2) is 54.6 Å². The van der Waals surface area contributed by atoms with Crippen molar-refractivity contribution < 1.29 is 14.3 Å². The van der Waals surface area contributed by atoms with Gasteiger partial charge in [-0.15, -0.1) is 0 Å². The van der Waals surface area contributed by atoms with Crippen molar-refractivity contribution in [2.24, 2.45) is 5.92 Å². The number of nitrogens with one attached hydrogen (secondary N) is 1. The van der Waals surface area contributed by atoms with Crippen molar-refractivity contribution in [2.45, 2.75) is 27.2 Å². The van der Waals surface area contributed by atoms with Crippen LogP contribution in [0.4, 0.5) is 0 Å². The van der Waals surface area contributed by atoms with Gasteiger partial charge in [0.05, 0.1) is 0 Å². The zero-order chi connectivity index (χ0) is 19.6. The Labute approximate surface area is 161 Å². The van der Waals surface area contributed by atoms with E-state index in [0.29, 0.717) is 23.8 Å². The van der Waals surface area contributed by atoms with Crippen LogP contribution in [0.2, 0.25) is 0 Å². The van der Waals surface area contributed by atoms with Crippen LogP contribution >= 0.6 is 0 Å². The van der Waals surface area contributed by atoms with Crippen molar-refractivity contribution in [2.75, 3.05) is 13.2 Å². The third kappa shape index (κ3) is 7.10. The normalized spacial score (nSPS) is 11.0. The monoisotopic (exact) mass is 365 g/mol. The van der Waals surface area contributed by atoms with Gasteiger partial charge < -0.3 is 10.1 Å². The summed E-state index contributed by atoms with van der Waals surface area (Å²) in [5.41, 5.74) is 2.82. The number of ketones is 1. The molecule has 2 rings (SSSR count). The minimum absolute atomic E-state index is 0.00564. The van der Waals surface area contributed by atoms with Crippen molar-refractivity contribution >= 4 is 17.8 Å². The molecule has 0 atom stereocenters. The van der Waals surface area contributed by atoms with E-state index >= 15 is 0 Å². The van der Waals surface area contributed by atoms with Crippen molar-refractivity contribution in [1.29, 1.82) is 0 Å². The number of rotatable bonds is 9. The average molecular weight is 365 g/mol. The number of carbonyl (C=O) groups excluding carboxylic acids is 2. The minimum Gasteiger partial charge on any atom is -0.484 e. The first-order chi connectivity index (χ1) is 13.0. The highest BCUT2D eigenvalue weighted by Crippen LogP contribution is 2.14. The van der Waals surface area contributed by atoms with Crippen LogP contribution in [0.5, 0.6) is 5.75 Å². The minimum atomic E-state index is -0.147. The lowest BCUT2D eigenvalue weighted by Crippen LogP contribution is -2.28. The lowest BCUT2D eigenvalue weighted by molar-refractivity contribution is -0.122. The molecule has 4 nitrogen and oxygen atoms in total. The number of hydrogen-bond acceptors (Lipinski definition) is 3. The topological polar surface area (TPSA) is 55.4 Å². The molecule has 1 N–H and O–H groups in total. The molecule has 0 bridgehead atoms. The summed E-state index contributed by atoms with van der Waals surface area (Å²) in [7, 11) is 0. The summed E-state index contributed by atoms with van der Waals surface area (Å²) in [4.78, 5) is 23.7. The molecule has 0 aliphatic heterocycles. The van der Waals surface area contributed by atoms with Gasteiger partial charge in [0.15, 0.2) is 12.4 Å². The van der Waals surface area contributed by atoms with E-state index in [-0.39, 0.29) is 18.3 Å². The Morgan fingerprint density at radius 2 is 1.70 bits per heavy atom. The van der Waals surface area contributed by atoms with E-state index in [9.17, 15) is 9.59 Å². The SMILES string of the molecule is CCNC(=O)COc1ccc(/C=C/C(=O)c2ccc(CC(C)C)cc2)cc1. The number of likely N-dealkylation sites (N-methyl/N-ethyl adjacent to an activating group) is 1. The van der Waals surface area contributed by atoms with Gasteiger partial charge in [0.2, 0.25) is 0 Å². The predicted molar refractivity (Wildman–Crippen MR) is 109 cm³/mol. The van der Waals surface area contributed by atoms with Gasteiger partial charge in [-0.1, -0.05) is 56.3 Å². The third-order valence-corrected chi connectivity index (χ3v) is 3.93. The van der Waals surface area contributed by atoms with Gasteiger partial charge in [-0.25, -0.2) is 0 Å². The quantitative estimate of drug-likeness (QED) is 0.532. The molecule has 0 aromatic heterocycles. The fraction of sp³-hybridized carbons (Fsp3) is 0.304. The standard InChI is InChI=1S/C23H27NO3/c1-4-24-23(26)16-27-21-12-7-18(8-13-21)9-14-22(25)20-10-5-19(6-11-20)15-17(2)3/h5-14,17H,4,15-16H2,1-3H3,(H,24,26)/b14-9+. The third-order valence-electron chi connectivity index (χ3n) is 3.93. The lowest BCUT2D eigenvalue weighted by Gasteiger charge is -2.06. The fourth-order valence-electron chi connectivity index (χ4n) is 2.62. The molecule has 0 spiro atoms. The zero-order valence-corrected chi connectivity index (χ0v) is 16.2. The first kappa shape index (κ1) is 20.4. The molecule has 0 unspecified atom stereocenters. The highest BCUT2D eigenvalue weighted by atomic mass is 16.5. The van der Waals surface area contributed by atoms with Gasteiger partial charge in [0.25, 0.3) is 5.91 Å². The predicted octanol–water partition coefficient (Wildman–Crippen LogP) is 4.30. The molecule has 0 saturated heterocycles. The van der Waals surface area contributed by atoms with E-state index < -0.39 is 0 Å². The molecule has 0 fully saturated rings. The van der Waals surface area contributed by atoms with Crippen molar-refractivity contribution in [1.82, 2.24) is 5.32 Å². The average Bonchev–Trinajstić information content (AvgIpc) is 2.65. The van der Waals surface area contributed by atoms with Crippen molar-refractivity contribution in [3.63, 3.8) is 0 Å². The maximum Gasteiger partial charge on any atom is 0.257 e. The van der Waals surface area contributed by atoms with Crippen molar-refractivity contribution in [3.8, 4) is 5.75 Å². The van der Waals surface area contributed by atoms with Crippen LogP contribution in [0.1, 0.15) is 42.3 Å².